The molecule has 4 rings (SSSR count). The van der Waals surface area contributed by atoms with Crippen molar-refractivity contribution in [1.82, 2.24) is 19.9 Å². The van der Waals surface area contributed by atoms with E-state index in [1.54, 1.807) is 35.9 Å². The summed E-state index contributed by atoms with van der Waals surface area (Å²) in [7, 11) is 3.13. The molecule has 0 fully saturated rings. The third kappa shape index (κ3) is 4.80. The Balaban J connectivity index is 1.36. The molecule has 2 heterocycles. The highest BCUT2D eigenvalue weighted by Gasteiger charge is 2.17. The van der Waals surface area contributed by atoms with Crippen LogP contribution < -0.4 is 20.1 Å². The zero-order valence-electron chi connectivity index (χ0n) is 18.4. The van der Waals surface area contributed by atoms with Crippen molar-refractivity contribution >= 4 is 33.8 Å². The summed E-state index contributed by atoms with van der Waals surface area (Å²) in [5.74, 6) is 0.442. The van der Waals surface area contributed by atoms with Gasteiger partial charge in [0.2, 0.25) is 4.96 Å². The number of rotatable bonds is 7. The average Bonchev–Trinajstić information content (AvgIpc) is 3.38. The highest BCUT2D eigenvalue weighted by Crippen LogP contribution is 2.26. The van der Waals surface area contributed by atoms with Crippen LogP contribution in [0.5, 0.6) is 11.5 Å². The maximum absolute atomic E-state index is 12.2. The van der Waals surface area contributed by atoms with Gasteiger partial charge in [-0.05, 0) is 43.3 Å². The van der Waals surface area contributed by atoms with Gasteiger partial charge < -0.3 is 20.1 Å². The van der Waals surface area contributed by atoms with Crippen LogP contribution in [0.25, 0.3) is 16.3 Å². The number of ether oxygens (including phenoxy) is 2. The van der Waals surface area contributed by atoms with Crippen LogP contribution in [0.1, 0.15) is 10.6 Å². The number of benzene rings is 2. The molecule has 0 aliphatic rings. The Kier molecular flexibility index (Phi) is 6.55. The molecule has 0 saturated carbocycles. The summed E-state index contributed by atoms with van der Waals surface area (Å²) in [5, 5.41) is 9.82. The van der Waals surface area contributed by atoms with Crippen LogP contribution >= 0.6 is 11.3 Å². The van der Waals surface area contributed by atoms with Crippen LogP contribution in [0, 0.1) is 6.92 Å². The molecule has 0 aliphatic carbocycles. The highest BCUT2D eigenvalue weighted by molar-refractivity contribution is 7.17. The second-order valence-corrected chi connectivity index (χ2v) is 8.19. The van der Waals surface area contributed by atoms with E-state index in [1.807, 2.05) is 31.2 Å². The number of carbonyl (C=O) groups is 2. The van der Waals surface area contributed by atoms with Crippen molar-refractivity contribution in [3.8, 4) is 22.9 Å². The van der Waals surface area contributed by atoms with E-state index in [2.05, 4.69) is 20.7 Å². The number of hydrogen-bond acceptors (Lipinski definition) is 7. The second-order valence-electron chi connectivity index (χ2n) is 7.13. The van der Waals surface area contributed by atoms with E-state index in [4.69, 9.17) is 9.47 Å². The lowest BCUT2D eigenvalue weighted by molar-refractivity contribution is -0.136. The zero-order valence-corrected chi connectivity index (χ0v) is 19.2. The molecule has 0 unspecified atom stereocenters. The number of aromatic nitrogens is 3. The van der Waals surface area contributed by atoms with Gasteiger partial charge in [0, 0.05) is 23.4 Å². The van der Waals surface area contributed by atoms with E-state index in [9.17, 15) is 9.59 Å². The number of anilines is 1. The Morgan fingerprint density at radius 2 is 1.79 bits per heavy atom. The number of carbonyl (C=O) groups excluding carboxylic acids is 2. The maximum atomic E-state index is 12.2. The molecule has 170 valence electrons. The molecule has 0 saturated heterocycles. The van der Waals surface area contributed by atoms with Crippen molar-refractivity contribution in [2.45, 2.75) is 13.3 Å². The first-order valence-corrected chi connectivity index (χ1v) is 11.0. The van der Waals surface area contributed by atoms with Crippen molar-refractivity contribution in [3.63, 3.8) is 0 Å². The summed E-state index contributed by atoms with van der Waals surface area (Å²) in [5.41, 5.74) is 2.30. The summed E-state index contributed by atoms with van der Waals surface area (Å²) in [6.07, 6.45) is 0.563. The largest absolute Gasteiger partial charge is 0.497 e. The fourth-order valence-electron chi connectivity index (χ4n) is 3.28. The van der Waals surface area contributed by atoms with E-state index in [0.29, 0.717) is 30.2 Å². The Labute approximate surface area is 194 Å². The smallest absolute Gasteiger partial charge is 0.313 e. The van der Waals surface area contributed by atoms with Gasteiger partial charge in [-0.3, -0.25) is 9.59 Å². The molecule has 0 aliphatic heterocycles. The van der Waals surface area contributed by atoms with E-state index in [-0.39, 0.29) is 0 Å². The third-order valence-electron chi connectivity index (χ3n) is 5.06. The number of thiazole rings is 1. The quantitative estimate of drug-likeness (QED) is 0.406. The first kappa shape index (κ1) is 22.3. The van der Waals surface area contributed by atoms with E-state index >= 15 is 0 Å². The number of methoxy groups -OCH3 is 2. The minimum Gasteiger partial charge on any atom is -0.497 e. The molecule has 0 spiro atoms. The van der Waals surface area contributed by atoms with Crippen molar-refractivity contribution in [1.29, 1.82) is 0 Å². The molecule has 9 nitrogen and oxygen atoms in total. The maximum Gasteiger partial charge on any atom is 0.313 e. The minimum absolute atomic E-state index is 0.314. The number of para-hydroxylation sites is 2. The monoisotopic (exact) mass is 465 g/mol. The van der Waals surface area contributed by atoms with Crippen molar-refractivity contribution in [2.24, 2.45) is 0 Å². The molecule has 2 aromatic carbocycles. The topological polar surface area (TPSA) is 107 Å². The molecule has 2 amide bonds. The summed E-state index contributed by atoms with van der Waals surface area (Å²) in [4.78, 5) is 30.8. The number of fused-ring (bicyclic) bond motifs is 1. The highest BCUT2D eigenvalue weighted by atomic mass is 32.1. The lowest BCUT2D eigenvalue weighted by Gasteiger charge is -2.09. The number of hydrogen-bond donors (Lipinski definition) is 2. The van der Waals surface area contributed by atoms with Crippen LogP contribution in [0.15, 0.2) is 48.5 Å². The van der Waals surface area contributed by atoms with Crippen LogP contribution in [0.4, 0.5) is 5.69 Å². The summed E-state index contributed by atoms with van der Waals surface area (Å²) < 4.78 is 12.2. The van der Waals surface area contributed by atoms with Gasteiger partial charge in [-0.15, -0.1) is 5.10 Å². The van der Waals surface area contributed by atoms with Gasteiger partial charge in [0.15, 0.2) is 5.82 Å². The van der Waals surface area contributed by atoms with E-state index < -0.39 is 11.8 Å². The van der Waals surface area contributed by atoms with Crippen molar-refractivity contribution in [2.75, 3.05) is 26.1 Å². The molecular formula is C23H23N5O4S. The molecular weight excluding hydrogens is 442 g/mol. The van der Waals surface area contributed by atoms with Gasteiger partial charge in [0.25, 0.3) is 0 Å². The minimum atomic E-state index is -0.747. The Morgan fingerprint density at radius 1 is 1.03 bits per heavy atom. The normalized spacial score (nSPS) is 10.8. The number of nitrogens with one attached hydrogen (secondary N) is 2. The molecule has 33 heavy (non-hydrogen) atoms. The van der Waals surface area contributed by atoms with Gasteiger partial charge in [0.05, 0.1) is 25.6 Å². The standard InChI is InChI=1S/C23H23N5O4S/c1-14-19(12-13-24-21(29)22(30)25-17-6-4-5-7-18(17)32-3)33-23-26-20(27-28(14)23)15-8-10-16(31-2)11-9-15/h4-11H,12-13H2,1-3H3,(H,24,29)(H,25,30). The third-order valence-corrected chi connectivity index (χ3v) is 6.25. The Bertz CT molecular complexity index is 1300. The number of aryl methyl sites for hydroxylation is 1. The molecule has 4 aromatic rings. The van der Waals surface area contributed by atoms with Gasteiger partial charge >= 0.3 is 11.8 Å². The van der Waals surface area contributed by atoms with E-state index in [0.717, 1.165) is 26.8 Å². The first-order chi connectivity index (χ1) is 16.0. The first-order valence-electron chi connectivity index (χ1n) is 10.2. The van der Waals surface area contributed by atoms with Crippen LogP contribution in [0.3, 0.4) is 0 Å². The van der Waals surface area contributed by atoms with Gasteiger partial charge in [-0.25, -0.2) is 4.52 Å². The fraction of sp³-hybridized carbons (Fsp3) is 0.217. The Morgan fingerprint density at radius 3 is 2.48 bits per heavy atom. The molecule has 10 heteroatoms. The average molecular weight is 466 g/mol. The SMILES string of the molecule is COc1ccc(-c2nc3sc(CCNC(=O)C(=O)Nc4ccccc4OC)c(C)n3n2)cc1. The lowest BCUT2D eigenvalue weighted by Crippen LogP contribution is -2.36. The van der Waals surface area contributed by atoms with E-state index in [1.165, 1.54) is 18.4 Å². The molecule has 0 atom stereocenters. The predicted molar refractivity (Wildman–Crippen MR) is 126 cm³/mol. The van der Waals surface area contributed by atoms with Crippen LogP contribution in [-0.2, 0) is 16.0 Å². The predicted octanol–water partition coefficient (Wildman–Crippen LogP) is 3.08. The van der Waals surface area contributed by atoms with Gasteiger partial charge in [-0.2, -0.15) is 4.98 Å². The van der Waals surface area contributed by atoms with Crippen LogP contribution in [0.2, 0.25) is 0 Å². The molecule has 2 N–H and O–H groups in total. The number of amides is 2. The van der Waals surface area contributed by atoms with Gasteiger partial charge in [0.1, 0.15) is 11.5 Å². The second kappa shape index (κ2) is 9.70. The van der Waals surface area contributed by atoms with Crippen molar-refractivity contribution in [3.05, 3.63) is 59.1 Å². The molecule has 0 bridgehead atoms. The van der Waals surface area contributed by atoms with Crippen LogP contribution in [-0.4, -0.2) is 47.2 Å². The number of nitrogens with zero attached hydrogens (tertiary/aromatic N) is 3. The fourth-order valence-corrected chi connectivity index (χ4v) is 4.33. The lowest BCUT2D eigenvalue weighted by atomic mass is 10.2. The Hall–Kier alpha value is -3.92. The summed E-state index contributed by atoms with van der Waals surface area (Å²) in [6.45, 7) is 2.27. The summed E-state index contributed by atoms with van der Waals surface area (Å²) >= 11 is 1.51. The summed E-state index contributed by atoms with van der Waals surface area (Å²) in [6, 6.07) is 14.5. The van der Waals surface area contributed by atoms with Gasteiger partial charge in [-0.1, -0.05) is 23.5 Å². The molecule has 2 aromatic heterocycles. The molecule has 0 radical (unpaired) electrons. The van der Waals surface area contributed by atoms with Crippen molar-refractivity contribution < 1.29 is 19.1 Å². The zero-order chi connectivity index (χ0) is 23.4.